The number of pyridine rings is 1. The summed E-state index contributed by atoms with van der Waals surface area (Å²) in [7, 11) is 2.69. The zero-order valence-electron chi connectivity index (χ0n) is 17.3. The summed E-state index contributed by atoms with van der Waals surface area (Å²) in [6.45, 7) is 1.83. The topological polar surface area (TPSA) is 61.2 Å². The lowest BCUT2D eigenvalue weighted by molar-refractivity contribution is 0.318. The summed E-state index contributed by atoms with van der Waals surface area (Å²) in [5.41, 5.74) is 4.43. The van der Waals surface area contributed by atoms with Crippen LogP contribution < -0.4 is 14.8 Å². The monoisotopic (exact) mass is 424 g/mol. The van der Waals surface area contributed by atoms with Crippen molar-refractivity contribution in [3.63, 3.8) is 0 Å². The molecule has 0 bridgehead atoms. The molecule has 1 aliphatic heterocycles. The lowest BCUT2D eigenvalue weighted by Crippen LogP contribution is -2.43. The Kier molecular flexibility index (Phi) is 4.94. The van der Waals surface area contributed by atoms with Crippen molar-refractivity contribution in [2.45, 2.75) is 18.9 Å². The van der Waals surface area contributed by atoms with Crippen molar-refractivity contribution in [3.05, 3.63) is 65.3 Å². The maximum absolute atomic E-state index is 14.9. The van der Waals surface area contributed by atoms with Gasteiger partial charge in [-0.2, -0.15) is 5.10 Å². The van der Waals surface area contributed by atoms with Crippen LogP contribution in [0.4, 0.5) is 8.78 Å². The molecule has 160 valence electrons. The molecule has 1 N–H and O–H groups in total. The average molecular weight is 424 g/mol. The number of fused-ring (bicyclic) bond motifs is 1. The highest BCUT2D eigenvalue weighted by atomic mass is 19.1. The number of halogens is 2. The van der Waals surface area contributed by atoms with Crippen LogP contribution in [0.2, 0.25) is 0 Å². The normalized spacial score (nSPS) is 15.4. The minimum atomic E-state index is -0.713. The number of hydrogen-bond acceptors (Lipinski definition) is 5. The molecular formula is C23H22F2N4O2. The van der Waals surface area contributed by atoms with E-state index in [-0.39, 0.29) is 23.5 Å². The first-order chi connectivity index (χ1) is 15.1. The Bertz CT molecular complexity index is 1160. The van der Waals surface area contributed by atoms with Crippen LogP contribution in [0.1, 0.15) is 22.9 Å². The summed E-state index contributed by atoms with van der Waals surface area (Å²) in [6, 6.07) is 3.62. The molecule has 1 aromatic carbocycles. The van der Waals surface area contributed by atoms with E-state index >= 15 is 0 Å². The minimum absolute atomic E-state index is 0.0446. The van der Waals surface area contributed by atoms with Crippen molar-refractivity contribution >= 4 is 5.57 Å². The van der Waals surface area contributed by atoms with Crippen LogP contribution in [0.3, 0.4) is 0 Å². The fourth-order valence-electron chi connectivity index (χ4n) is 4.02. The van der Waals surface area contributed by atoms with Gasteiger partial charge in [0.2, 0.25) is 0 Å². The van der Waals surface area contributed by atoms with Gasteiger partial charge in [0.15, 0.2) is 23.1 Å². The van der Waals surface area contributed by atoms with Gasteiger partial charge < -0.3 is 14.8 Å². The highest BCUT2D eigenvalue weighted by Crippen LogP contribution is 2.37. The minimum Gasteiger partial charge on any atom is -0.494 e. The molecule has 2 aromatic heterocycles. The molecule has 2 aliphatic rings. The number of allylic oxidation sites excluding steroid dienone is 2. The smallest absolute Gasteiger partial charge is 0.171 e. The summed E-state index contributed by atoms with van der Waals surface area (Å²) in [4.78, 5) is 4.59. The molecular weight excluding hydrogens is 402 g/mol. The Balaban J connectivity index is 1.47. The Hall–Kier alpha value is -3.26. The number of ether oxygens (including phenoxy) is 2. The molecule has 5 rings (SSSR count). The molecule has 1 aliphatic carbocycles. The molecule has 0 atom stereocenters. The Morgan fingerprint density at radius 2 is 1.81 bits per heavy atom. The molecule has 0 unspecified atom stereocenters. The molecule has 1 fully saturated rings. The summed E-state index contributed by atoms with van der Waals surface area (Å²) >= 11 is 0. The van der Waals surface area contributed by atoms with E-state index in [0.717, 1.165) is 41.0 Å². The highest BCUT2D eigenvalue weighted by Gasteiger charge is 2.25. The maximum atomic E-state index is 14.9. The van der Waals surface area contributed by atoms with Gasteiger partial charge in [-0.05, 0) is 11.6 Å². The van der Waals surface area contributed by atoms with E-state index in [0.29, 0.717) is 12.5 Å². The zero-order chi connectivity index (χ0) is 21.5. The van der Waals surface area contributed by atoms with E-state index < -0.39 is 11.6 Å². The fourth-order valence-corrected chi connectivity index (χ4v) is 4.02. The second kappa shape index (κ2) is 7.77. The molecule has 0 spiro atoms. The second-order valence-electron chi connectivity index (χ2n) is 7.74. The first-order valence-electron chi connectivity index (χ1n) is 10.1. The predicted octanol–water partition coefficient (Wildman–Crippen LogP) is 3.57. The first kappa shape index (κ1) is 19.7. The van der Waals surface area contributed by atoms with Crippen molar-refractivity contribution in [3.8, 4) is 22.6 Å². The first-order valence-corrected chi connectivity index (χ1v) is 10.1. The van der Waals surface area contributed by atoms with Crippen molar-refractivity contribution in [1.82, 2.24) is 20.1 Å². The SMILES string of the molecule is COc1cc(OC)c(F)c(CC2=CCc3ncc(-c4cnn(C5CNC5)c4)cc32)c1F. The Morgan fingerprint density at radius 3 is 2.45 bits per heavy atom. The van der Waals surface area contributed by atoms with E-state index in [4.69, 9.17) is 9.47 Å². The second-order valence-corrected chi connectivity index (χ2v) is 7.74. The average Bonchev–Trinajstić information content (AvgIpc) is 3.37. The van der Waals surface area contributed by atoms with Crippen LogP contribution in [-0.4, -0.2) is 42.1 Å². The molecule has 31 heavy (non-hydrogen) atoms. The van der Waals surface area contributed by atoms with Crippen LogP contribution in [0.5, 0.6) is 11.5 Å². The quantitative estimate of drug-likeness (QED) is 0.656. The molecule has 0 saturated carbocycles. The molecule has 8 heteroatoms. The van der Waals surface area contributed by atoms with Gasteiger partial charge in [-0.15, -0.1) is 0 Å². The van der Waals surface area contributed by atoms with Gasteiger partial charge >= 0.3 is 0 Å². The summed E-state index contributed by atoms with van der Waals surface area (Å²) in [5.74, 6) is -1.52. The lowest BCUT2D eigenvalue weighted by atomic mass is 9.97. The van der Waals surface area contributed by atoms with Crippen molar-refractivity contribution < 1.29 is 18.3 Å². The Labute approximate surface area is 178 Å². The van der Waals surface area contributed by atoms with Gasteiger partial charge in [0.05, 0.1) is 32.2 Å². The molecule has 0 amide bonds. The number of hydrogen-bond donors (Lipinski definition) is 1. The van der Waals surface area contributed by atoms with Crippen LogP contribution in [0.15, 0.2) is 36.8 Å². The van der Waals surface area contributed by atoms with Gasteiger partial charge in [0.25, 0.3) is 0 Å². The molecule has 3 heterocycles. The van der Waals surface area contributed by atoms with Crippen molar-refractivity contribution in [2.24, 2.45) is 0 Å². The number of rotatable bonds is 6. The van der Waals surface area contributed by atoms with Crippen LogP contribution in [0, 0.1) is 11.6 Å². The number of methoxy groups -OCH3 is 2. The molecule has 1 saturated heterocycles. The molecule has 0 radical (unpaired) electrons. The molecule has 6 nitrogen and oxygen atoms in total. The van der Waals surface area contributed by atoms with E-state index in [1.165, 1.54) is 20.3 Å². The Morgan fingerprint density at radius 1 is 1.06 bits per heavy atom. The number of nitrogens with one attached hydrogen (secondary N) is 1. The third-order valence-corrected chi connectivity index (χ3v) is 5.96. The summed E-state index contributed by atoms with van der Waals surface area (Å²) < 4.78 is 41.8. The van der Waals surface area contributed by atoms with Crippen LogP contribution in [-0.2, 0) is 12.8 Å². The van der Waals surface area contributed by atoms with Gasteiger partial charge in [-0.25, -0.2) is 8.78 Å². The standard InChI is InChI=1S/C23H22F2N4O2/c1-30-20-7-21(31-2)23(25)18(22(20)24)5-13-3-4-19-17(13)6-14(8-27-19)15-9-28-29(12-15)16-10-26-11-16/h3,6-9,12,16,26H,4-5,10-11H2,1-2H3. The fraction of sp³-hybridized carbons (Fsp3) is 0.304. The van der Waals surface area contributed by atoms with Crippen LogP contribution in [0.25, 0.3) is 16.7 Å². The van der Waals surface area contributed by atoms with E-state index in [1.807, 2.05) is 35.4 Å². The number of nitrogens with zero attached hydrogens (tertiary/aromatic N) is 3. The summed E-state index contributed by atoms with van der Waals surface area (Å²) in [5, 5.41) is 7.70. The lowest BCUT2D eigenvalue weighted by Gasteiger charge is -2.27. The highest BCUT2D eigenvalue weighted by molar-refractivity contribution is 5.77. The van der Waals surface area contributed by atoms with Crippen LogP contribution >= 0.6 is 0 Å². The van der Waals surface area contributed by atoms with Gasteiger partial charge in [0.1, 0.15) is 0 Å². The summed E-state index contributed by atoms with van der Waals surface area (Å²) in [6.07, 6.45) is 8.34. The largest absolute Gasteiger partial charge is 0.494 e. The van der Waals surface area contributed by atoms with Gasteiger partial charge in [-0.1, -0.05) is 6.08 Å². The predicted molar refractivity (Wildman–Crippen MR) is 112 cm³/mol. The van der Waals surface area contributed by atoms with E-state index in [9.17, 15) is 8.78 Å². The van der Waals surface area contributed by atoms with E-state index in [1.54, 1.807) is 0 Å². The van der Waals surface area contributed by atoms with Crippen molar-refractivity contribution in [2.75, 3.05) is 27.3 Å². The maximum Gasteiger partial charge on any atom is 0.171 e. The van der Waals surface area contributed by atoms with E-state index in [2.05, 4.69) is 15.4 Å². The third-order valence-electron chi connectivity index (χ3n) is 5.96. The van der Waals surface area contributed by atoms with Crippen molar-refractivity contribution in [1.29, 1.82) is 0 Å². The third kappa shape index (κ3) is 3.37. The number of aromatic nitrogens is 3. The van der Waals surface area contributed by atoms with Gasteiger partial charge in [0, 0.05) is 66.6 Å². The van der Waals surface area contributed by atoms with Gasteiger partial charge in [-0.3, -0.25) is 9.67 Å². The zero-order valence-corrected chi connectivity index (χ0v) is 17.3. The molecule has 3 aromatic rings. The number of benzene rings is 1.